The SMILES string of the molecule is Cc1[nH]nc(C(=O)N2CCC[C@@H]2CO)c1N. The molecule has 0 radical (unpaired) electrons. The van der Waals surface area contributed by atoms with Crippen LogP contribution in [0.3, 0.4) is 0 Å². The molecule has 0 bridgehead atoms. The Labute approximate surface area is 93.4 Å². The highest BCUT2D eigenvalue weighted by Crippen LogP contribution is 2.22. The summed E-state index contributed by atoms with van der Waals surface area (Å²) >= 11 is 0. The van der Waals surface area contributed by atoms with Crippen molar-refractivity contribution in [3.05, 3.63) is 11.4 Å². The van der Waals surface area contributed by atoms with Gasteiger partial charge in [-0.2, -0.15) is 5.10 Å². The van der Waals surface area contributed by atoms with Crippen LogP contribution in [0, 0.1) is 6.92 Å². The number of nitrogens with one attached hydrogen (secondary N) is 1. The minimum absolute atomic E-state index is 0.00491. The van der Waals surface area contributed by atoms with Gasteiger partial charge in [0.05, 0.1) is 24.0 Å². The molecule has 16 heavy (non-hydrogen) atoms. The lowest BCUT2D eigenvalue weighted by Crippen LogP contribution is -2.38. The number of nitrogen functional groups attached to an aromatic ring is 1. The smallest absolute Gasteiger partial charge is 0.276 e. The van der Waals surface area contributed by atoms with Gasteiger partial charge in [-0.1, -0.05) is 0 Å². The Morgan fingerprint density at radius 3 is 3.06 bits per heavy atom. The standard InChI is InChI=1S/C10H16N4O2/c1-6-8(11)9(13-12-6)10(16)14-4-2-3-7(14)5-15/h7,15H,2-5,11H2,1H3,(H,12,13)/t7-/m1/s1. The molecule has 4 N–H and O–H groups in total. The lowest BCUT2D eigenvalue weighted by Gasteiger charge is -2.22. The summed E-state index contributed by atoms with van der Waals surface area (Å²) < 4.78 is 0. The van der Waals surface area contributed by atoms with Gasteiger partial charge in [0, 0.05) is 6.54 Å². The number of amides is 1. The number of aliphatic hydroxyl groups is 1. The fraction of sp³-hybridized carbons (Fsp3) is 0.600. The van der Waals surface area contributed by atoms with Crippen LogP contribution >= 0.6 is 0 Å². The number of carbonyl (C=O) groups excluding carboxylic acids is 1. The number of nitrogens with two attached hydrogens (primary N) is 1. The molecule has 1 amide bonds. The number of anilines is 1. The molecule has 2 heterocycles. The van der Waals surface area contributed by atoms with Crippen molar-refractivity contribution < 1.29 is 9.90 Å². The molecule has 1 aromatic heterocycles. The number of carbonyl (C=O) groups is 1. The number of H-pyrrole nitrogens is 1. The molecule has 1 fully saturated rings. The van der Waals surface area contributed by atoms with E-state index in [-0.39, 0.29) is 24.2 Å². The third-order valence-electron chi connectivity index (χ3n) is 3.05. The normalized spacial score (nSPS) is 20.4. The van der Waals surface area contributed by atoms with E-state index >= 15 is 0 Å². The highest BCUT2D eigenvalue weighted by Gasteiger charge is 2.31. The number of aliphatic hydroxyl groups excluding tert-OH is 1. The predicted molar refractivity (Wildman–Crippen MR) is 58.9 cm³/mol. The Morgan fingerprint density at radius 1 is 1.75 bits per heavy atom. The Morgan fingerprint density at radius 2 is 2.50 bits per heavy atom. The topological polar surface area (TPSA) is 95.2 Å². The number of hydrogen-bond donors (Lipinski definition) is 3. The second-order valence-corrected chi connectivity index (χ2v) is 4.09. The first-order valence-corrected chi connectivity index (χ1v) is 5.37. The summed E-state index contributed by atoms with van der Waals surface area (Å²) in [4.78, 5) is 13.7. The first kappa shape index (κ1) is 10.9. The van der Waals surface area contributed by atoms with Crippen LogP contribution in [0.5, 0.6) is 0 Å². The first-order valence-electron chi connectivity index (χ1n) is 5.37. The van der Waals surface area contributed by atoms with Crippen LogP contribution in [-0.2, 0) is 0 Å². The molecule has 2 rings (SSSR count). The molecule has 6 heteroatoms. The molecule has 1 aliphatic rings. The number of nitrogens with zero attached hydrogens (tertiary/aromatic N) is 2. The average Bonchev–Trinajstić information content (AvgIpc) is 2.86. The zero-order chi connectivity index (χ0) is 11.7. The van der Waals surface area contributed by atoms with Gasteiger partial charge in [0.2, 0.25) is 0 Å². The Kier molecular flexibility index (Phi) is 2.82. The van der Waals surface area contributed by atoms with Crippen molar-refractivity contribution in [1.29, 1.82) is 0 Å². The molecule has 1 aliphatic heterocycles. The van der Waals surface area contributed by atoms with Crippen molar-refractivity contribution >= 4 is 11.6 Å². The number of hydrogen-bond acceptors (Lipinski definition) is 4. The summed E-state index contributed by atoms with van der Waals surface area (Å²) in [5, 5.41) is 15.7. The highest BCUT2D eigenvalue weighted by molar-refractivity contribution is 5.97. The van der Waals surface area contributed by atoms with Gasteiger partial charge in [0.1, 0.15) is 0 Å². The van der Waals surface area contributed by atoms with E-state index in [0.717, 1.165) is 12.8 Å². The van der Waals surface area contributed by atoms with Crippen molar-refractivity contribution in [2.24, 2.45) is 0 Å². The van der Waals surface area contributed by atoms with Crippen LogP contribution in [0.1, 0.15) is 29.0 Å². The molecule has 1 saturated heterocycles. The van der Waals surface area contributed by atoms with Crippen molar-refractivity contribution in [3.8, 4) is 0 Å². The lowest BCUT2D eigenvalue weighted by atomic mass is 10.2. The molecule has 0 aliphatic carbocycles. The molecule has 1 atom stereocenters. The van der Waals surface area contributed by atoms with Crippen molar-refractivity contribution in [2.75, 3.05) is 18.9 Å². The van der Waals surface area contributed by atoms with E-state index in [2.05, 4.69) is 10.2 Å². The van der Waals surface area contributed by atoms with E-state index in [4.69, 9.17) is 10.8 Å². The summed E-state index contributed by atoms with van der Waals surface area (Å²) in [6.45, 7) is 2.43. The van der Waals surface area contributed by atoms with Gasteiger partial charge in [-0.3, -0.25) is 9.89 Å². The largest absolute Gasteiger partial charge is 0.395 e. The Hall–Kier alpha value is -1.56. The molecular formula is C10H16N4O2. The van der Waals surface area contributed by atoms with Gasteiger partial charge >= 0.3 is 0 Å². The van der Waals surface area contributed by atoms with Crippen molar-refractivity contribution in [2.45, 2.75) is 25.8 Å². The van der Waals surface area contributed by atoms with Crippen molar-refractivity contribution in [3.63, 3.8) is 0 Å². The first-order chi connectivity index (χ1) is 7.65. The molecule has 0 unspecified atom stereocenters. The van der Waals surface area contributed by atoms with Crippen LogP contribution in [-0.4, -0.2) is 45.3 Å². The van der Waals surface area contributed by atoms with E-state index in [9.17, 15) is 4.79 Å². The Bertz CT molecular complexity index is 402. The molecule has 1 aromatic rings. The van der Waals surface area contributed by atoms with Crippen LogP contribution in [0.15, 0.2) is 0 Å². The lowest BCUT2D eigenvalue weighted by molar-refractivity contribution is 0.0673. The number of aryl methyl sites for hydroxylation is 1. The third kappa shape index (κ3) is 1.65. The fourth-order valence-electron chi connectivity index (χ4n) is 2.03. The van der Waals surface area contributed by atoms with Crippen LogP contribution < -0.4 is 5.73 Å². The average molecular weight is 224 g/mol. The monoisotopic (exact) mass is 224 g/mol. The summed E-state index contributed by atoms with van der Waals surface area (Å²) in [5.74, 6) is -0.196. The van der Waals surface area contributed by atoms with Crippen LogP contribution in [0.4, 0.5) is 5.69 Å². The van der Waals surface area contributed by atoms with E-state index in [0.29, 0.717) is 17.9 Å². The van der Waals surface area contributed by atoms with E-state index in [1.807, 2.05) is 0 Å². The number of rotatable bonds is 2. The van der Waals surface area contributed by atoms with E-state index in [1.165, 1.54) is 0 Å². The number of aromatic amines is 1. The second-order valence-electron chi connectivity index (χ2n) is 4.09. The van der Waals surface area contributed by atoms with Gasteiger partial charge in [-0.05, 0) is 19.8 Å². The Balaban J connectivity index is 2.22. The maximum absolute atomic E-state index is 12.1. The van der Waals surface area contributed by atoms with Gasteiger partial charge in [0.15, 0.2) is 5.69 Å². The molecule has 88 valence electrons. The molecule has 6 nitrogen and oxygen atoms in total. The quantitative estimate of drug-likeness (QED) is 0.653. The van der Waals surface area contributed by atoms with Gasteiger partial charge in [-0.25, -0.2) is 0 Å². The number of aromatic nitrogens is 2. The summed E-state index contributed by atoms with van der Waals surface area (Å²) in [6.07, 6.45) is 1.76. The minimum Gasteiger partial charge on any atom is -0.395 e. The zero-order valence-corrected chi connectivity index (χ0v) is 9.23. The molecule has 0 aromatic carbocycles. The van der Waals surface area contributed by atoms with E-state index < -0.39 is 0 Å². The van der Waals surface area contributed by atoms with Crippen LogP contribution in [0.25, 0.3) is 0 Å². The van der Waals surface area contributed by atoms with Gasteiger partial charge in [-0.15, -0.1) is 0 Å². The fourth-order valence-corrected chi connectivity index (χ4v) is 2.03. The maximum atomic E-state index is 12.1. The summed E-state index contributed by atoms with van der Waals surface area (Å²) in [7, 11) is 0. The summed E-state index contributed by atoms with van der Waals surface area (Å²) in [5.41, 5.74) is 7.11. The van der Waals surface area contributed by atoms with E-state index in [1.54, 1.807) is 11.8 Å². The zero-order valence-electron chi connectivity index (χ0n) is 9.23. The van der Waals surface area contributed by atoms with Crippen LogP contribution in [0.2, 0.25) is 0 Å². The molecule has 0 saturated carbocycles. The third-order valence-corrected chi connectivity index (χ3v) is 3.05. The van der Waals surface area contributed by atoms with Gasteiger partial charge < -0.3 is 15.7 Å². The predicted octanol–water partition coefficient (Wildman–Crippen LogP) is -0.103. The molecule has 0 spiro atoms. The highest BCUT2D eigenvalue weighted by atomic mass is 16.3. The van der Waals surface area contributed by atoms with Crippen molar-refractivity contribution in [1.82, 2.24) is 15.1 Å². The minimum atomic E-state index is -0.196. The molecular weight excluding hydrogens is 208 g/mol. The summed E-state index contributed by atoms with van der Waals surface area (Å²) in [6, 6.07) is -0.0936. The number of likely N-dealkylation sites (tertiary alicyclic amines) is 1. The van der Waals surface area contributed by atoms with Gasteiger partial charge in [0.25, 0.3) is 5.91 Å². The second kappa shape index (κ2) is 4.13. The maximum Gasteiger partial charge on any atom is 0.276 e.